The van der Waals surface area contributed by atoms with Crippen LogP contribution in [0, 0.1) is 5.92 Å². The van der Waals surface area contributed by atoms with Crippen LogP contribution in [0.3, 0.4) is 0 Å². The van der Waals surface area contributed by atoms with Crippen LogP contribution in [-0.2, 0) is 9.84 Å². The Morgan fingerprint density at radius 3 is 2.75 bits per heavy atom. The van der Waals surface area contributed by atoms with E-state index in [1.165, 1.54) is 0 Å². The molecule has 2 unspecified atom stereocenters. The second-order valence-electron chi connectivity index (χ2n) is 3.28. The molecular weight excluding hydrogens is 194 g/mol. The van der Waals surface area contributed by atoms with Crippen molar-refractivity contribution in [1.29, 1.82) is 0 Å². The molecule has 0 amide bonds. The molecule has 0 saturated carbocycles. The van der Waals surface area contributed by atoms with Crippen LogP contribution < -0.4 is 5.73 Å². The van der Waals surface area contributed by atoms with Crippen molar-refractivity contribution in [2.45, 2.75) is 12.5 Å². The molecule has 0 aliphatic carbocycles. The minimum absolute atomic E-state index is 0.0530. The van der Waals surface area contributed by atoms with E-state index in [0.29, 0.717) is 11.5 Å². The van der Waals surface area contributed by atoms with Crippen molar-refractivity contribution in [1.82, 2.24) is 0 Å². The highest BCUT2D eigenvalue weighted by Gasteiger charge is 2.31. The minimum atomic E-state index is -2.75. The molecule has 0 bridgehead atoms. The third-order valence-electron chi connectivity index (χ3n) is 2.23. The van der Waals surface area contributed by atoms with E-state index in [2.05, 4.69) is 0 Å². The third kappa shape index (κ3) is 2.64. The lowest BCUT2D eigenvalue weighted by molar-refractivity contribution is 0.499. The Hall–Kier alpha value is 0.260. The fourth-order valence-electron chi connectivity index (χ4n) is 1.49. The number of thioether (sulfide) groups is 1. The maximum absolute atomic E-state index is 11.1. The van der Waals surface area contributed by atoms with Gasteiger partial charge in [-0.15, -0.1) is 0 Å². The average molecular weight is 209 g/mol. The van der Waals surface area contributed by atoms with Gasteiger partial charge in [0.05, 0.1) is 11.5 Å². The first-order valence-corrected chi connectivity index (χ1v) is 7.21. The van der Waals surface area contributed by atoms with E-state index in [1.54, 1.807) is 11.8 Å². The molecule has 1 rings (SSSR count). The highest BCUT2D eigenvalue weighted by Crippen LogP contribution is 2.21. The lowest BCUT2D eigenvalue weighted by Gasteiger charge is -2.15. The Labute approximate surface area is 78.0 Å². The van der Waals surface area contributed by atoms with E-state index in [0.717, 1.165) is 12.2 Å². The van der Waals surface area contributed by atoms with E-state index in [1.807, 2.05) is 6.26 Å². The number of sulfone groups is 1. The molecular formula is C7H15NO2S2. The highest BCUT2D eigenvalue weighted by molar-refractivity contribution is 7.98. The summed E-state index contributed by atoms with van der Waals surface area (Å²) in [4.78, 5) is 0. The predicted octanol–water partition coefficient (Wildman–Crippen LogP) is 0.111. The van der Waals surface area contributed by atoms with E-state index in [9.17, 15) is 8.42 Å². The second kappa shape index (κ2) is 3.98. The van der Waals surface area contributed by atoms with Gasteiger partial charge >= 0.3 is 0 Å². The first kappa shape index (κ1) is 10.3. The largest absolute Gasteiger partial charge is 0.327 e. The van der Waals surface area contributed by atoms with Gasteiger partial charge in [-0.2, -0.15) is 11.8 Å². The Balaban J connectivity index is 2.46. The zero-order chi connectivity index (χ0) is 9.19. The van der Waals surface area contributed by atoms with Crippen molar-refractivity contribution in [3.05, 3.63) is 0 Å². The SMILES string of the molecule is CSCC(N)C1CCS(=O)(=O)C1. The molecule has 0 aromatic heterocycles. The van der Waals surface area contributed by atoms with Crippen molar-refractivity contribution < 1.29 is 8.42 Å². The minimum Gasteiger partial charge on any atom is -0.327 e. The lowest BCUT2D eigenvalue weighted by Crippen LogP contribution is -2.33. The van der Waals surface area contributed by atoms with Gasteiger partial charge in [0.25, 0.3) is 0 Å². The number of nitrogens with two attached hydrogens (primary N) is 1. The van der Waals surface area contributed by atoms with Gasteiger partial charge in [0.15, 0.2) is 9.84 Å². The van der Waals surface area contributed by atoms with Crippen molar-refractivity contribution in [3.63, 3.8) is 0 Å². The van der Waals surface area contributed by atoms with Crippen LogP contribution in [0.5, 0.6) is 0 Å². The molecule has 2 N–H and O–H groups in total. The van der Waals surface area contributed by atoms with Crippen molar-refractivity contribution in [3.8, 4) is 0 Å². The van der Waals surface area contributed by atoms with Crippen LogP contribution in [0.2, 0.25) is 0 Å². The quantitative estimate of drug-likeness (QED) is 0.717. The molecule has 0 aromatic carbocycles. The Kier molecular flexibility index (Phi) is 3.43. The zero-order valence-electron chi connectivity index (χ0n) is 7.19. The van der Waals surface area contributed by atoms with Gasteiger partial charge in [-0.05, 0) is 18.6 Å². The molecule has 12 heavy (non-hydrogen) atoms. The summed E-state index contributed by atoms with van der Waals surface area (Å²) in [6, 6.07) is 0.0530. The maximum atomic E-state index is 11.1. The summed E-state index contributed by atoms with van der Waals surface area (Å²) >= 11 is 1.68. The molecule has 1 saturated heterocycles. The summed E-state index contributed by atoms with van der Waals surface area (Å²) in [6.07, 6.45) is 2.74. The van der Waals surface area contributed by atoms with Crippen LogP contribution in [0.25, 0.3) is 0 Å². The van der Waals surface area contributed by atoms with Gasteiger partial charge < -0.3 is 5.73 Å². The van der Waals surface area contributed by atoms with Gasteiger partial charge in [-0.1, -0.05) is 0 Å². The average Bonchev–Trinajstić information content (AvgIpc) is 2.31. The summed E-state index contributed by atoms with van der Waals surface area (Å²) in [5.74, 6) is 1.69. The van der Waals surface area contributed by atoms with Gasteiger partial charge in [0.1, 0.15) is 0 Å². The van der Waals surface area contributed by atoms with Gasteiger partial charge in [0, 0.05) is 11.8 Å². The smallest absolute Gasteiger partial charge is 0.150 e. The first-order valence-electron chi connectivity index (χ1n) is 4.00. The van der Waals surface area contributed by atoms with Crippen LogP contribution in [0.1, 0.15) is 6.42 Å². The summed E-state index contributed by atoms with van der Waals surface area (Å²) in [5, 5.41) is 0. The number of hydrogen-bond donors (Lipinski definition) is 1. The molecule has 0 spiro atoms. The molecule has 1 aliphatic rings. The second-order valence-corrected chi connectivity index (χ2v) is 6.42. The summed E-state index contributed by atoms with van der Waals surface area (Å²) in [5.41, 5.74) is 5.83. The van der Waals surface area contributed by atoms with Gasteiger partial charge in [-0.25, -0.2) is 8.42 Å². The van der Waals surface area contributed by atoms with E-state index < -0.39 is 9.84 Å². The normalized spacial score (nSPS) is 30.3. The fourth-order valence-corrected chi connectivity index (χ4v) is 4.04. The predicted molar refractivity (Wildman–Crippen MR) is 53.1 cm³/mol. The van der Waals surface area contributed by atoms with Crippen LogP contribution in [-0.4, -0.2) is 38.0 Å². The lowest BCUT2D eigenvalue weighted by atomic mass is 10.0. The molecule has 1 fully saturated rings. The Bertz CT molecular complexity index is 238. The Morgan fingerprint density at radius 1 is 1.67 bits per heavy atom. The van der Waals surface area contributed by atoms with Crippen LogP contribution in [0.4, 0.5) is 0 Å². The molecule has 1 heterocycles. The standard InChI is InChI=1S/C7H15NO2S2/c1-11-4-7(8)6-2-3-12(9,10)5-6/h6-7H,2-5,8H2,1H3. The van der Waals surface area contributed by atoms with Crippen molar-refractivity contribution in [2.24, 2.45) is 11.7 Å². The molecule has 2 atom stereocenters. The van der Waals surface area contributed by atoms with Crippen LogP contribution in [0.15, 0.2) is 0 Å². The van der Waals surface area contributed by atoms with E-state index in [-0.39, 0.29) is 12.0 Å². The summed E-state index contributed by atoms with van der Waals surface area (Å²) in [6.45, 7) is 0. The molecule has 5 heteroatoms. The molecule has 72 valence electrons. The van der Waals surface area contributed by atoms with Crippen molar-refractivity contribution in [2.75, 3.05) is 23.5 Å². The maximum Gasteiger partial charge on any atom is 0.150 e. The van der Waals surface area contributed by atoms with E-state index in [4.69, 9.17) is 5.73 Å². The monoisotopic (exact) mass is 209 g/mol. The third-order valence-corrected chi connectivity index (χ3v) is 4.74. The zero-order valence-corrected chi connectivity index (χ0v) is 8.83. The summed E-state index contributed by atoms with van der Waals surface area (Å²) in [7, 11) is -2.75. The summed E-state index contributed by atoms with van der Waals surface area (Å²) < 4.78 is 22.2. The first-order chi connectivity index (χ1) is 5.55. The molecule has 0 aromatic rings. The van der Waals surface area contributed by atoms with Crippen LogP contribution >= 0.6 is 11.8 Å². The van der Waals surface area contributed by atoms with Gasteiger partial charge in [-0.3, -0.25) is 0 Å². The molecule has 0 radical (unpaired) electrons. The fraction of sp³-hybridized carbons (Fsp3) is 1.00. The van der Waals surface area contributed by atoms with Gasteiger partial charge in [0.2, 0.25) is 0 Å². The van der Waals surface area contributed by atoms with E-state index >= 15 is 0 Å². The molecule has 3 nitrogen and oxygen atoms in total. The molecule has 1 aliphatic heterocycles. The topological polar surface area (TPSA) is 60.2 Å². The highest BCUT2D eigenvalue weighted by atomic mass is 32.2. The Morgan fingerprint density at radius 2 is 2.33 bits per heavy atom. The van der Waals surface area contributed by atoms with Crippen molar-refractivity contribution >= 4 is 21.6 Å². The number of hydrogen-bond acceptors (Lipinski definition) is 4. The number of rotatable bonds is 3.